The molecular formula is C10H16ClN3O. The molecule has 84 valence electrons. The Morgan fingerprint density at radius 3 is 2.80 bits per heavy atom. The van der Waals surface area contributed by atoms with Crippen molar-refractivity contribution < 1.29 is 4.74 Å². The molecule has 1 aromatic heterocycles. The molecule has 0 aromatic carbocycles. The normalized spacial score (nSPS) is 18.3. The minimum absolute atomic E-state index is 0.512. The number of aryl methyl sites for hydroxylation is 1. The Balaban J connectivity index is 2.04. The molecule has 0 radical (unpaired) electrons. The molecule has 5 heteroatoms. The van der Waals surface area contributed by atoms with Gasteiger partial charge in [-0.3, -0.25) is 0 Å². The third-order valence-electron chi connectivity index (χ3n) is 2.88. The topological polar surface area (TPSA) is 39.9 Å². The number of halogens is 1. The van der Waals surface area contributed by atoms with Gasteiger partial charge in [0.15, 0.2) is 0 Å². The van der Waals surface area contributed by atoms with E-state index in [9.17, 15) is 0 Å². The molecule has 2 rings (SSSR count). The van der Waals surface area contributed by atoms with Crippen LogP contribution in [0, 0.1) is 5.92 Å². The highest BCUT2D eigenvalue weighted by atomic mass is 35.5. The molecule has 0 N–H and O–H groups in total. The molecule has 0 bridgehead atoms. The van der Waals surface area contributed by atoms with Gasteiger partial charge in [-0.15, -0.1) is 10.2 Å². The zero-order chi connectivity index (χ0) is 10.7. The highest BCUT2D eigenvalue weighted by Crippen LogP contribution is 2.20. The average Bonchev–Trinajstić information content (AvgIpc) is 2.62. The maximum atomic E-state index is 6.00. The Bertz CT molecular complexity index is 320. The second-order valence-electron chi connectivity index (χ2n) is 3.91. The van der Waals surface area contributed by atoms with Gasteiger partial charge in [-0.2, -0.15) is 0 Å². The van der Waals surface area contributed by atoms with Crippen LogP contribution < -0.4 is 0 Å². The fraction of sp³-hybridized carbons (Fsp3) is 0.800. The molecule has 0 aliphatic carbocycles. The zero-order valence-electron chi connectivity index (χ0n) is 8.95. The number of ether oxygens (including phenoxy) is 1. The number of hydrogen-bond acceptors (Lipinski definition) is 3. The maximum Gasteiger partial charge on any atom is 0.225 e. The molecule has 0 atom stereocenters. The van der Waals surface area contributed by atoms with Gasteiger partial charge in [0, 0.05) is 26.2 Å². The summed E-state index contributed by atoms with van der Waals surface area (Å²) < 4.78 is 7.36. The van der Waals surface area contributed by atoms with Gasteiger partial charge in [0.25, 0.3) is 0 Å². The number of hydrogen-bond donors (Lipinski definition) is 0. The summed E-state index contributed by atoms with van der Waals surface area (Å²) in [5, 5.41) is 8.46. The molecule has 2 heterocycles. The Kier molecular flexibility index (Phi) is 3.59. The van der Waals surface area contributed by atoms with Gasteiger partial charge in [0.05, 0.1) is 0 Å². The van der Waals surface area contributed by atoms with Crippen LogP contribution in [0.4, 0.5) is 0 Å². The van der Waals surface area contributed by atoms with E-state index in [0.29, 0.717) is 11.2 Å². The lowest BCUT2D eigenvalue weighted by Gasteiger charge is -2.22. The Hall–Kier alpha value is -0.610. The van der Waals surface area contributed by atoms with E-state index in [1.54, 1.807) is 0 Å². The summed E-state index contributed by atoms with van der Waals surface area (Å²) >= 11 is 6.00. The monoisotopic (exact) mass is 229 g/mol. The van der Waals surface area contributed by atoms with Gasteiger partial charge in [-0.05, 0) is 30.4 Å². The summed E-state index contributed by atoms with van der Waals surface area (Å²) in [6, 6.07) is 0. The summed E-state index contributed by atoms with van der Waals surface area (Å²) in [6.07, 6.45) is 3.10. The minimum atomic E-state index is 0.512. The Morgan fingerprint density at radius 1 is 1.40 bits per heavy atom. The standard InChI is InChI=1S/C10H16ClN3O/c1-2-9-12-13-10(11)14(9)7-8-3-5-15-6-4-8/h8H,2-7H2,1H3. The minimum Gasteiger partial charge on any atom is -0.381 e. The van der Waals surface area contributed by atoms with E-state index in [2.05, 4.69) is 17.1 Å². The Labute approximate surface area is 94.6 Å². The lowest BCUT2D eigenvalue weighted by Crippen LogP contribution is -2.21. The fourth-order valence-electron chi connectivity index (χ4n) is 1.94. The molecule has 4 nitrogen and oxygen atoms in total. The van der Waals surface area contributed by atoms with E-state index in [1.165, 1.54) is 0 Å². The van der Waals surface area contributed by atoms with Crippen molar-refractivity contribution in [3.05, 3.63) is 11.1 Å². The van der Waals surface area contributed by atoms with E-state index in [0.717, 1.165) is 44.8 Å². The maximum absolute atomic E-state index is 6.00. The van der Waals surface area contributed by atoms with Crippen molar-refractivity contribution in [2.75, 3.05) is 13.2 Å². The van der Waals surface area contributed by atoms with Crippen LogP contribution in [0.25, 0.3) is 0 Å². The molecule has 0 amide bonds. The molecular weight excluding hydrogens is 214 g/mol. The van der Waals surface area contributed by atoms with Gasteiger partial charge in [0.1, 0.15) is 5.82 Å². The van der Waals surface area contributed by atoms with E-state index in [1.807, 2.05) is 4.57 Å². The first-order valence-electron chi connectivity index (χ1n) is 5.46. The fourth-order valence-corrected chi connectivity index (χ4v) is 2.15. The van der Waals surface area contributed by atoms with E-state index >= 15 is 0 Å². The Morgan fingerprint density at radius 2 is 2.13 bits per heavy atom. The summed E-state index contributed by atoms with van der Waals surface area (Å²) in [4.78, 5) is 0. The zero-order valence-corrected chi connectivity index (χ0v) is 9.70. The first kappa shape index (κ1) is 10.9. The highest BCUT2D eigenvalue weighted by Gasteiger charge is 2.17. The predicted octanol–water partition coefficient (Wildman–Crippen LogP) is 1.92. The van der Waals surface area contributed by atoms with Crippen molar-refractivity contribution in [1.29, 1.82) is 0 Å². The van der Waals surface area contributed by atoms with Crippen LogP contribution in [0.5, 0.6) is 0 Å². The molecule has 1 fully saturated rings. The van der Waals surface area contributed by atoms with Gasteiger partial charge >= 0.3 is 0 Å². The third-order valence-corrected chi connectivity index (χ3v) is 3.16. The molecule has 0 unspecified atom stereocenters. The van der Waals surface area contributed by atoms with Crippen LogP contribution in [0.2, 0.25) is 5.28 Å². The van der Waals surface area contributed by atoms with E-state index in [-0.39, 0.29) is 0 Å². The van der Waals surface area contributed by atoms with Crippen LogP contribution in [-0.2, 0) is 17.7 Å². The van der Waals surface area contributed by atoms with Crippen molar-refractivity contribution in [2.24, 2.45) is 5.92 Å². The first-order valence-corrected chi connectivity index (χ1v) is 5.84. The first-order chi connectivity index (χ1) is 7.31. The van der Waals surface area contributed by atoms with Crippen molar-refractivity contribution in [1.82, 2.24) is 14.8 Å². The molecule has 1 aliphatic heterocycles. The summed E-state index contributed by atoms with van der Waals surface area (Å²) in [6.45, 7) is 4.73. The van der Waals surface area contributed by atoms with Crippen molar-refractivity contribution in [2.45, 2.75) is 32.7 Å². The predicted molar refractivity (Wildman–Crippen MR) is 58.0 cm³/mol. The van der Waals surface area contributed by atoms with Crippen molar-refractivity contribution in [3.8, 4) is 0 Å². The molecule has 0 saturated carbocycles. The van der Waals surface area contributed by atoms with Gasteiger partial charge in [0.2, 0.25) is 5.28 Å². The van der Waals surface area contributed by atoms with Crippen LogP contribution in [0.3, 0.4) is 0 Å². The van der Waals surface area contributed by atoms with Crippen LogP contribution in [0.15, 0.2) is 0 Å². The summed E-state index contributed by atoms with van der Waals surface area (Å²) in [5.74, 6) is 1.63. The molecule has 1 saturated heterocycles. The van der Waals surface area contributed by atoms with Crippen molar-refractivity contribution >= 4 is 11.6 Å². The quantitative estimate of drug-likeness (QED) is 0.795. The molecule has 1 aromatic rings. The highest BCUT2D eigenvalue weighted by molar-refractivity contribution is 6.28. The van der Waals surface area contributed by atoms with Gasteiger partial charge < -0.3 is 9.30 Å². The van der Waals surface area contributed by atoms with Crippen LogP contribution >= 0.6 is 11.6 Å². The summed E-state index contributed by atoms with van der Waals surface area (Å²) in [7, 11) is 0. The smallest absolute Gasteiger partial charge is 0.225 e. The molecule has 1 aliphatic rings. The third kappa shape index (κ3) is 2.49. The number of rotatable bonds is 3. The molecule has 0 spiro atoms. The average molecular weight is 230 g/mol. The lowest BCUT2D eigenvalue weighted by molar-refractivity contribution is 0.0610. The van der Waals surface area contributed by atoms with E-state index < -0.39 is 0 Å². The SMILES string of the molecule is CCc1nnc(Cl)n1CC1CCOCC1. The largest absolute Gasteiger partial charge is 0.381 e. The molecule has 15 heavy (non-hydrogen) atoms. The lowest BCUT2D eigenvalue weighted by atomic mass is 10.0. The van der Waals surface area contributed by atoms with E-state index in [4.69, 9.17) is 16.3 Å². The van der Waals surface area contributed by atoms with Gasteiger partial charge in [-0.25, -0.2) is 0 Å². The summed E-state index contributed by atoms with van der Waals surface area (Å²) in [5.41, 5.74) is 0. The number of aromatic nitrogens is 3. The van der Waals surface area contributed by atoms with Crippen LogP contribution in [-0.4, -0.2) is 28.0 Å². The second-order valence-corrected chi connectivity index (χ2v) is 4.24. The number of nitrogens with zero attached hydrogens (tertiary/aromatic N) is 3. The van der Waals surface area contributed by atoms with Gasteiger partial charge in [-0.1, -0.05) is 6.92 Å². The van der Waals surface area contributed by atoms with Crippen molar-refractivity contribution in [3.63, 3.8) is 0 Å². The van der Waals surface area contributed by atoms with Crippen LogP contribution in [0.1, 0.15) is 25.6 Å². The second kappa shape index (κ2) is 4.94.